The highest BCUT2D eigenvalue weighted by Gasteiger charge is 2.10. The third kappa shape index (κ3) is 3.66. The fraction of sp³-hybridized carbons (Fsp3) is 0.583. The smallest absolute Gasteiger partial charge is 0.328 e. The number of H-pyrrole nitrogens is 1. The molecule has 1 rings (SSSR count). The second-order valence-corrected chi connectivity index (χ2v) is 3.99. The van der Waals surface area contributed by atoms with Gasteiger partial charge >= 0.3 is 5.69 Å². The largest absolute Gasteiger partial charge is 0.381 e. The SMILES string of the molecule is CCCOCCCn1c(=O)[nH]cc(C(C)=O)c1=O. The fourth-order valence-electron chi connectivity index (χ4n) is 1.54. The number of hydrogen-bond donors (Lipinski definition) is 1. The molecule has 0 aliphatic heterocycles. The summed E-state index contributed by atoms with van der Waals surface area (Å²) < 4.78 is 6.30. The maximum atomic E-state index is 11.8. The van der Waals surface area contributed by atoms with E-state index in [4.69, 9.17) is 4.74 Å². The standard InChI is InChI=1S/C12H18N2O4/c1-3-6-18-7-4-5-14-11(16)10(9(2)15)8-13-12(14)17/h8H,3-7H2,1-2H3,(H,13,17). The summed E-state index contributed by atoms with van der Waals surface area (Å²) in [5.74, 6) is -0.354. The zero-order valence-corrected chi connectivity index (χ0v) is 10.7. The Bertz CT molecular complexity index is 516. The molecule has 0 spiro atoms. The summed E-state index contributed by atoms with van der Waals surface area (Å²) in [4.78, 5) is 36.9. The van der Waals surface area contributed by atoms with Crippen LogP contribution in [0, 0.1) is 0 Å². The summed E-state index contributed by atoms with van der Waals surface area (Å²) >= 11 is 0. The Morgan fingerprint density at radius 1 is 1.39 bits per heavy atom. The number of ketones is 1. The van der Waals surface area contributed by atoms with Gasteiger partial charge in [0.2, 0.25) is 0 Å². The lowest BCUT2D eigenvalue weighted by Crippen LogP contribution is -2.38. The zero-order valence-electron chi connectivity index (χ0n) is 10.7. The van der Waals surface area contributed by atoms with E-state index in [1.165, 1.54) is 6.92 Å². The summed E-state index contributed by atoms with van der Waals surface area (Å²) in [6.07, 6.45) is 2.65. The van der Waals surface area contributed by atoms with Crippen LogP contribution in [0.15, 0.2) is 15.8 Å². The van der Waals surface area contributed by atoms with Crippen LogP contribution < -0.4 is 11.2 Å². The normalized spacial score (nSPS) is 10.6. The summed E-state index contributed by atoms with van der Waals surface area (Å²) in [5, 5.41) is 0. The molecule has 0 aliphatic rings. The molecule has 18 heavy (non-hydrogen) atoms. The minimum Gasteiger partial charge on any atom is -0.381 e. The van der Waals surface area contributed by atoms with Gasteiger partial charge in [-0.25, -0.2) is 4.79 Å². The van der Waals surface area contributed by atoms with Crippen LogP contribution in [0.25, 0.3) is 0 Å². The number of aromatic nitrogens is 2. The first kappa shape index (κ1) is 14.4. The van der Waals surface area contributed by atoms with Crippen LogP contribution in [0.1, 0.15) is 37.0 Å². The molecule has 0 saturated heterocycles. The summed E-state index contributed by atoms with van der Waals surface area (Å²) in [7, 11) is 0. The van der Waals surface area contributed by atoms with Gasteiger partial charge in [-0.2, -0.15) is 0 Å². The molecule has 0 amide bonds. The third-order valence-corrected chi connectivity index (χ3v) is 2.46. The summed E-state index contributed by atoms with van der Waals surface area (Å²) in [6, 6.07) is 0. The average molecular weight is 254 g/mol. The Morgan fingerprint density at radius 2 is 2.11 bits per heavy atom. The number of ether oxygens (including phenoxy) is 1. The summed E-state index contributed by atoms with van der Waals surface area (Å²) in [5.41, 5.74) is -1.04. The van der Waals surface area contributed by atoms with Crippen LogP contribution in [0.3, 0.4) is 0 Å². The Labute approximate surface area is 105 Å². The Hall–Kier alpha value is -1.69. The van der Waals surface area contributed by atoms with Crippen molar-refractivity contribution in [2.45, 2.75) is 33.2 Å². The van der Waals surface area contributed by atoms with E-state index in [0.717, 1.165) is 17.2 Å². The molecule has 1 heterocycles. The molecule has 0 atom stereocenters. The lowest BCUT2D eigenvalue weighted by Gasteiger charge is -2.06. The molecular formula is C12H18N2O4. The van der Waals surface area contributed by atoms with Crippen molar-refractivity contribution in [1.29, 1.82) is 0 Å². The third-order valence-electron chi connectivity index (χ3n) is 2.46. The van der Waals surface area contributed by atoms with Gasteiger partial charge in [-0.05, 0) is 19.8 Å². The highest BCUT2D eigenvalue weighted by Crippen LogP contribution is 1.91. The van der Waals surface area contributed by atoms with Gasteiger partial charge in [-0.3, -0.25) is 14.2 Å². The minimum atomic E-state index is -0.540. The quantitative estimate of drug-likeness (QED) is 0.569. The number of aromatic amines is 1. The van der Waals surface area contributed by atoms with Crippen molar-refractivity contribution in [2.24, 2.45) is 0 Å². The minimum absolute atomic E-state index is 0.00377. The Balaban J connectivity index is 2.76. The number of Topliss-reactive ketones (excluding diaryl/α,β-unsaturated/α-hetero) is 1. The topological polar surface area (TPSA) is 81.2 Å². The second kappa shape index (κ2) is 6.90. The van der Waals surface area contributed by atoms with Crippen molar-refractivity contribution in [1.82, 2.24) is 9.55 Å². The first-order valence-corrected chi connectivity index (χ1v) is 5.99. The predicted molar refractivity (Wildman–Crippen MR) is 67.1 cm³/mol. The molecule has 0 aromatic carbocycles. The van der Waals surface area contributed by atoms with Gasteiger partial charge < -0.3 is 9.72 Å². The van der Waals surface area contributed by atoms with Crippen LogP contribution in [0.4, 0.5) is 0 Å². The van der Waals surface area contributed by atoms with Crippen LogP contribution in [-0.4, -0.2) is 28.5 Å². The van der Waals surface area contributed by atoms with Crippen molar-refractivity contribution in [3.8, 4) is 0 Å². The van der Waals surface area contributed by atoms with E-state index in [0.29, 0.717) is 19.6 Å². The molecule has 6 heteroatoms. The first-order chi connectivity index (χ1) is 8.57. The van der Waals surface area contributed by atoms with Gasteiger partial charge in [0.25, 0.3) is 5.56 Å². The number of nitrogens with one attached hydrogen (secondary N) is 1. The number of carbonyl (C=O) groups excluding carboxylic acids is 1. The van der Waals surface area contributed by atoms with Crippen LogP contribution >= 0.6 is 0 Å². The van der Waals surface area contributed by atoms with Crippen molar-refractivity contribution in [3.63, 3.8) is 0 Å². The lowest BCUT2D eigenvalue weighted by molar-refractivity contribution is 0.101. The van der Waals surface area contributed by atoms with Crippen LogP contribution in [0.5, 0.6) is 0 Å². The highest BCUT2D eigenvalue weighted by atomic mass is 16.5. The van der Waals surface area contributed by atoms with Gasteiger partial charge in [0.15, 0.2) is 5.78 Å². The van der Waals surface area contributed by atoms with E-state index < -0.39 is 11.2 Å². The molecular weight excluding hydrogens is 236 g/mol. The molecule has 100 valence electrons. The van der Waals surface area contributed by atoms with Crippen molar-refractivity contribution in [3.05, 3.63) is 32.6 Å². The van der Waals surface area contributed by atoms with E-state index in [1.54, 1.807) is 0 Å². The number of nitrogens with zero attached hydrogens (tertiary/aromatic N) is 1. The van der Waals surface area contributed by atoms with Gasteiger partial charge in [-0.15, -0.1) is 0 Å². The van der Waals surface area contributed by atoms with Crippen molar-refractivity contribution in [2.75, 3.05) is 13.2 Å². The maximum Gasteiger partial charge on any atom is 0.328 e. The Kier molecular flexibility index (Phi) is 5.51. The fourth-order valence-corrected chi connectivity index (χ4v) is 1.54. The van der Waals surface area contributed by atoms with E-state index in [2.05, 4.69) is 4.98 Å². The molecule has 0 radical (unpaired) electrons. The highest BCUT2D eigenvalue weighted by molar-refractivity contribution is 5.93. The van der Waals surface area contributed by atoms with Gasteiger partial charge in [0.1, 0.15) is 0 Å². The van der Waals surface area contributed by atoms with Crippen molar-refractivity contribution < 1.29 is 9.53 Å². The molecule has 1 aromatic rings. The molecule has 1 aromatic heterocycles. The molecule has 0 saturated carbocycles. The monoisotopic (exact) mass is 254 g/mol. The first-order valence-electron chi connectivity index (χ1n) is 5.99. The van der Waals surface area contributed by atoms with Crippen LogP contribution in [0.2, 0.25) is 0 Å². The number of hydrogen-bond acceptors (Lipinski definition) is 4. The molecule has 0 fully saturated rings. The predicted octanol–water partition coefficient (Wildman–Crippen LogP) is 0.556. The lowest BCUT2D eigenvalue weighted by atomic mass is 10.2. The van der Waals surface area contributed by atoms with E-state index in [-0.39, 0.29) is 17.9 Å². The van der Waals surface area contributed by atoms with E-state index >= 15 is 0 Å². The molecule has 0 unspecified atom stereocenters. The summed E-state index contributed by atoms with van der Waals surface area (Å²) in [6.45, 7) is 4.71. The zero-order chi connectivity index (χ0) is 13.5. The van der Waals surface area contributed by atoms with Gasteiger partial charge in [-0.1, -0.05) is 6.92 Å². The van der Waals surface area contributed by atoms with E-state index in [9.17, 15) is 14.4 Å². The Morgan fingerprint density at radius 3 is 2.72 bits per heavy atom. The van der Waals surface area contributed by atoms with E-state index in [1.807, 2.05) is 6.92 Å². The molecule has 6 nitrogen and oxygen atoms in total. The molecule has 0 bridgehead atoms. The molecule has 1 N–H and O–H groups in total. The van der Waals surface area contributed by atoms with Crippen molar-refractivity contribution >= 4 is 5.78 Å². The molecule has 0 aliphatic carbocycles. The average Bonchev–Trinajstić information content (AvgIpc) is 2.32. The van der Waals surface area contributed by atoms with Gasteiger partial charge in [0, 0.05) is 26.0 Å². The number of rotatable bonds is 7. The second-order valence-electron chi connectivity index (χ2n) is 3.99. The van der Waals surface area contributed by atoms with Crippen LogP contribution in [-0.2, 0) is 11.3 Å². The maximum absolute atomic E-state index is 11.8. The van der Waals surface area contributed by atoms with Gasteiger partial charge in [0.05, 0.1) is 5.56 Å². The number of carbonyl (C=O) groups is 1.